The first-order chi connectivity index (χ1) is 24.6. The molecule has 0 spiro atoms. The molecule has 0 saturated carbocycles. The van der Waals surface area contributed by atoms with E-state index in [-0.39, 0.29) is 42.8 Å². The Bertz CT molecular complexity index is 2020. The Kier molecular flexibility index (Phi) is 9.90. The molecule has 0 radical (unpaired) electrons. The van der Waals surface area contributed by atoms with Crippen molar-refractivity contribution in [1.29, 1.82) is 0 Å². The first-order valence-corrected chi connectivity index (χ1v) is 16.7. The van der Waals surface area contributed by atoms with E-state index in [0.29, 0.717) is 64.9 Å². The molecule has 4 aromatic rings. The Balaban J connectivity index is 1.37. The first kappa shape index (κ1) is 36.2. The lowest BCUT2D eigenvalue weighted by Gasteiger charge is -2.41. The second kappa shape index (κ2) is 14.2. The van der Waals surface area contributed by atoms with Crippen LogP contribution in [0.1, 0.15) is 57.1 Å². The highest BCUT2D eigenvalue weighted by atomic mass is 19.1. The van der Waals surface area contributed by atoms with Crippen LogP contribution in [0.3, 0.4) is 0 Å². The SMILES string of the molecule is COc1cc2c(cc1-c1cncc(NC(=O)CCNC(=O)OC(C)(C)C)c1)-c1c(c(C(=O)N3CCOCC3(C)C)nn1-c1cc(F)cc(F)c1)CO2. The minimum atomic E-state index is -0.810. The minimum absolute atomic E-state index is 0.0148. The monoisotopic (exact) mass is 718 g/mol. The third kappa shape index (κ3) is 7.68. The van der Waals surface area contributed by atoms with E-state index in [1.807, 2.05) is 13.8 Å². The van der Waals surface area contributed by atoms with E-state index in [4.69, 9.17) is 18.9 Å². The largest absolute Gasteiger partial charge is 0.496 e. The average molecular weight is 719 g/mol. The first-order valence-electron chi connectivity index (χ1n) is 16.7. The van der Waals surface area contributed by atoms with E-state index in [0.717, 1.165) is 18.2 Å². The van der Waals surface area contributed by atoms with Crippen LogP contribution in [0.15, 0.2) is 48.8 Å². The van der Waals surface area contributed by atoms with Crippen LogP contribution in [-0.2, 0) is 20.9 Å². The van der Waals surface area contributed by atoms with E-state index >= 15 is 0 Å². The standard InChI is InChI=1S/C37H40F2N6O7/c1-36(2,3)52-35(48)41-8-7-31(46)42-24-11-21(17-40-18-24)26-15-27-30(16-29(26)49-6)51-19-28-32(34(47)44-9-10-50-20-37(44,4)5)43-45(33(27)28)25-13-22(38)12-23(39)14-25/h11-18H,7-10,19-20H2,1-6H3,(H,41,48)(H,42,46). The zero-order chi connectivity index (χ0) is 37.4. The van der Waals surface area contributed by atoms with Crippen LogP contribution in [0.25, 0.3) is 28.1 Å². The van der Waals surface area contributed by atoms with Gasteiger partial charge < -0.3 is 34.5 Å². The molecule has 274 valence electrons. The molecule has 13 nitrogen and oxygen atoms in total. The van der Waals surface area contributed by atoms with Crippen molar-refractivity contribution in [2.75, 3.05) is 38.7 Å². The van der Waals surface area contributed by atoms with Crippen molar-refractivity contribution in [3.05, 3.63) is 71.7 Å². The molecule has 3 amide bonds. The number of alkyl carbamates (subject to hydrolysis) is 1. The summed E-state index contributed by atoms with van der Waals surface area (Å²) in [6.45, 7) is 10.1. The predicted octanol–water partition coefficient (Wildman–Crippen LogP) is 5.88. The van der Waals surface area contributed by atoms with E-state index in [1.54, 1.807) is 50.1 Å². The summed E-state index contributed by atoms with van der Waals surface area (Å²) in [5.41, 5.74) is 1.71. The number of ether oxygens (including phenoxy) is 4. The summed E-state index contributed by atoms with van der Waals surface area (Å²) in [6.07, 6.45) is 2.43. The minimum Gasteiger partial charge on any atom is -0.496 e. The highest BCUT2D eigenvalue weighted by molar-refractivity contribution is 5.98. The second-order valence-corrected chi connectivity index (χ2v) is 14.1. The molecule has 0 atom stereocenters. The van der Waals surface area contributed by atoms with Gasteiger partial charge in [0.2, 0.25) is 5.91 Å². The quantitative estimate of drug-likeness (QED) is 0.228. The summed E-state index contributed by atoms with van der Waals surface area (Å²) in [5.74, 6) is -1.54. The molecule has 0 bridgehead atoms. The Labute approximate surface area is 299 Å². The molecule has 4 heterocycles. The van der Waals surface area contributed by atoms with Gasteiger partial charge in [0.1, 0.15) is 35.3 Å². The molecule has 1 fully saturated rings. The summed E-state index contributed by atoms with van der Waals surface area (Å²) in [7, 11) is 1.50. The number of halogens is 2. The summed E-state index contributed by atoms with van der Waals surface area (Å²) in [5, 5.41) is 10.0. The number of morpholine rings is 1. The highest BCUT2D eigenvalue weighted by Crippen LogP contribution is 2.46. The van der Waals surface area contributed by atoms with Gasteiger partial charge in [-0.3, -0.25) is 14.6 Å². The van der Waals surface area contributed by atoms with Crippen molar-refractivity contribution >= 4 is 23.6 Å². The van der Waals surface area contributed by atoms with Crippen LogP contribution in [0, 0.1) is 11.6 Å². The molecule has 1 saturated heterocycles. The number of pyridine rings is 1. The van der Waals surface area contributed by atoms with Crippen molar-refractivity contribution in [1.82, 2.24) is 25.0 Å². The molecule has 15 heteroatoms. The summed E-state index contributed by atoms with van der Waals surface area (Å²) >= 11 is 0. The lowest BCUT2D eigenvalue weighted by molar-refractivity contribution is -0.116. The molecule has 2 aliphatic rings. The molecule has 6 rings (SSSR count). The molecule has 2 aliphatic heterocycles. The van der Waals surface area contributed by atoms with Crippen LogP contribution in [-0.4, -0.2) is 82.1 Å². The number of rotatable bonds is 8. The maximum atomic E-state index is 14.6. The fraction of sp³-hybridized carbons (Fsp3) is 0.378. The zero-order valence-corrected chi connectivity index (χ0v) is 29.8. The molecule has 2 N–H and O–H groups in total. The van der Waals surface area contributed by atoms with Gasteiger partial charge in [-0.25, -0.2) is 18.3 Å². The van der Waals surface area contributed by atoms with Gasteiger partial charge in [0.05, 0.1) is 49.1 Å². The Morgan fingerprint density at radius 1 is 1.02 bits per heavy atom. The smallest absolute Gasteiger partial charge is 0.407 e. The van der Waals surface area contributed by atoms with Crippen LogP contribution in [0.2, 0.25) is 0 Å². The Morgan fingerprint density at radius 3 is 2.46 bits per heavy atom. The lowest BCUT2D eigenvalue weighted by Crippen LogP contribution is -2.55. The van der Waals surface area contributed by atoms with Crippen molar-refractivity contribution < 1.29 is 42.1 Å². The number of carbonyl (C=O) groups is 3. The van der Waals surface area contributed by atoms with Crippen LogP contribution in [0.4, 0.5) is 19.3 Å². The fourth-order valence-corrected chi connectivity index (χ4v) is 6.13. The number of fused-ring (bicyclic) bond motifs is 3. The van der Waals surface area contributed by atoms with Crippen LogP contribution in [0.5, 0.6) is 11.5 Å². The van der Waals surface area contributed by atoms with Crippen molar-refractivity contribution in [2.24, 2.45) is 0 Å². The molecular formula is C37H40F2N6O7. The van der Waals surface area contributed by atoms with E-state index < -0.39 is 28.9 Å². The molecule has 2 aromatic carbocycles. The average Bonchev–Trinajstić information content (AvgIpc) is 3.46. The van der Waals surface area contributed by atoms with Crippen molar-refractivity contribution in [3.63, 3.8) is 0 Å². The number of methoxy groups -OCH3 is 1. The lowest BCUT2D eigenvalue weighted by atomic mass is 9.95. The number of carbonyl (C=O) groups excluding carboxylic acids is 3. The fourth-order valence-electron chi connectivity index (χ4n) is 6.13. The van der Waals surface area contributed by atoms with Gasteiger partial charge >= 0.3 is 6.09 Å². The number of nitrogens with one attached hydrogen (secondary N) is 2. The van der Waals surface area contributed by atoms with Crippen molar-refractivity contribution in [3.8, 4) is 39.6 Å². The van der Waals surface area contributed by atoms with Gasteiger partial charge in [0, 0.05) is 60.1 Å². The van der Waals surface area contributed by atoms with E-state index in [1.165, 1.54) is 18.0 Å². The van der Waals surface area contributed by atoms with Crippen LogP contribution >= 0.6 is 0 Å². The third-order valence-corrected chi connectivity index (χ3v) is 8.45. The number of hydrogen-bond acceptors (Lipinski definition) is 9. The number of nitrogens with zero attached hydrogens (tertiary/aromatic N) is 4. The maximum absolute atomic E-state index is 14.6. The topological polar surface area (TPSA) is 146 Å². The van der Waals surface area contributed by atoms with Gasteiger partial charge in [-0.1, -0.05) is 0 Å². The summed E-state index contributed by atoms with van der Waals surface area (Å²) < 4.78 is 53.3. The van der Waals surface area contributed by atoms with E-state index in [2.05, 4.69) is 20.7 Å². The highest BCUT2D eigenvalue weighted by Gasteiger charge is 2.39. The molecule has 0 aliphatic carbocycles. The van der Waals surface area contributed by atoms with Gasteiger partial charge in [0.15, 0.2) is 5.69 Å². The van der Waals surface area contributed by atoms with Crippen LogP contribution < -0.4 is 20.1 Å². The molecule has 2 aromatic heterocycles. The molecular weight excluding hydrogens is 678 g/mol. The number of aromatic nitrogens is 3. The van der Waals surface area contributed by atoms with Gasteiger partial charge in [-0.15, -0.1) is 0 Å². The number of amides is 3. The second-order valence-electron chi connectivity index (χ2n) is 14.1. The normalized spacial score (nSPS) is 14.8. The van der Waals surface area contributed by atoms with Crippen molar-refractivity contribution in [2.45, 2.75) is 58.8 Å². The number of benzene rings is 2. The Hall–Kier alpha value is -5.57. The molecule has 52 heavy (non-hydrogen) atoms. The zero-order valence-electron chi connectivity index (χ0n) is 29.8. The van der Waals surface area contributed by atoms with E-state index in [9.17, 15) is 23.2 Å². The summed E-state index contributed by atoms with van der Waals surface area (Å²) in [6, 6.07) is 8.19. The third-order valence-electron chi connectivity index (χ3n) is 8.45. The molecule has 0 unspecified atom stereocenters. The van der Waals surface area contributed by atoms with Gasteiger partial charge in [-0.2, -0.15) is 5.10 Å². The number of hydrogen-bond donors (Lipinski definition) is 2. The Morgan fingerprint density at radius 2 is 1.77 bits per heavy atom. The maximum Gasteiger partial charge on any atom is 0.407 e. The van der Waals surface area contributed by atoms with Gasteiger partial charge in [-0.05, 0) is 58.9 Å². The number of anilines is 1. The predicted molar refractivity (Wildman–Crippen MR) is 186 cm³/mol. The van der Waals surface area contributed by atoms with Gasteiger partial charge in [0.25, 0.3) is 5.91 Å². The summed E-state index contributed by atoms with van der Waals surface area (Å²) in [4.78, 5) is 44.8.